The molecule has 24 heavy (non-hydrogen) atoms. The first-order valence-corrected chi connectivity index (χ1v) is 8.52. The molecule has 2 fully saturated rings. The van der Waals surface area contributed by atoms with Crippen LogP contribution in [-0.2, 0) is 4.74 Å². The monoisotopic (exact) mass is 327 g/mol. The van der Waals surface area contributed by atoms with Crippen molar-refractivity contribution in [3.8, 4) is 5.69 Å². The molecule has 0 saturated carbocycles. The van der Waals surface area contributed by atoms with Gasteiger partial charge in [-0.2, -0.15) is 0 Å². The van der Waals surface area contributed by atoms with Crippen LogP contribution in [0.2, 0.25) is 0 Å². The normalized spacial score (nSPS) is 22.0. The van der Waals surface area contributed by atoms with Gasteiger partial charge in [0.05, 0.1) is 5.69 Å². The van der Waals surface area contributed by atoms with Gasteiger partial charge in [0.15, 0.2) is 0 Å². The van der Waals surface area contributed by atoms with E-state index in [4.69, 9.17) is 4.74 Å². The maximum Gasteiger partial charge on any atom is 0.253 e. The van der Waals surface area contributed by atoms with Gasteiger partial charge < -0.3 is 9.64 Å². The summed E-state index contributed by atoms with van der Waals surface area (Å²) < 4.78 is 7.07. The molecule has 0 radical (unpaired) electrons. The van der Waals surface area contributed by atoms with Crippen molar-refractivity contribution >= 4 is 5.91 Å². The number of ether oxygens (including phenoxy) is 1. The molecule has 0 aliphatic carbocycles. The van der Waals surface area contributed by atoms with Gasteiger partial charge in [-0.15, -0.1) is 5.10 Å². The quantitative estimate of drug-likeness (QED) is 0.855. The van der Waals surface area contributed by atoms with E-state index in [1.54, 1.807) is 4.68 Å². The molecule has 2 aliphatic heterocycles. The van der Waals surface area contributed by atoms with Gasteiger partial charge >= 0.3 is 0 Å². The lowest BCUT2D eigenvalue weighted by molar-refractivity contribution is 0.0648. The van der Waals surface area contributed by atoms with Gasteiger partial charge in [0.1, 0.15) is 6.33 Å². The number of nitrogens with zero attached hydrogens (tertiary/aromatic N) is 5. The number of carbonyl (C=O) groups is 1. The Morgan fingerprint density at radius 3 is 2.50 bits per heavy atom. The highest BCUT2D eigenvalue weighted by Gasteiger charge is 2.30. The summed E-state index contributed by atoms with van der Waals surface area (Å²) in [7, 11) is 0. The summed E-state index contributed by atoms with van der Waals surface area (Å²) in [5.74, 6) is 1.51. The predicted octanol–water partition coefficient (Wildman–Crippen LogP) is 1.55. The smallest absolute Gasteiger partial charge is 0.253 e. The number of hydrogen-bond acceptors (Lipinski definition) is 5. The van der Waals surface area contributed by atoms with Crippen molar-refractivity contribution in [2.45, 2.75) is 19.3 Å². The second kappa shape index (κ2) is 6.68. The zero-order valence-corrected chi connectivity index (χ0v) is 13.5. The van der Waals surface area contributed by atoms with Crippen LogP contribution in [0.25, 0.3) is 5.69 Å². The molecular formula is C17H21N5O2. The van der Waals surface area contributed by atoms with E-state index in [2.05, 4.69) is 15.5 Å². The number of likely N-dealkylation sites (tertiary alicyclic amines) is 1. The standard InChI is InChI=1S/C17H21N5O2/c23-17(14-1-3-16(4-2-14)22-12-18-19-20-22)21-8-5-13(6-9-21)15-7-10-24-11-15/h1-4,12-13,15H,5-11H2. The molecule has 7 nitrogen and oxygen atoms in total. The molecule has 0 spiro atoms. The molecule has 1 atom stereocenters. The largest absolute Gasteiger partial charge is 0.381 e. The van der Waals surface area contributed by atoms with E-state index in [-0.39, 0.29) is 5.91 Å². The number of aromatic nitrogens is 4. The maximum atomic E-state index is 12.7. The van der Waals surface area contributed by atoms with Crippen molar-refractivity contribution in [2.24, 2.45) is 11.8 Å². The van der Waals surface area contributed by atoms with Crippen LogP contribution in [0.15, 0.2) is 30.6 Å². The van der Waals surface area contributed by atoms with E-state index in [9.17, 15) is 4.79 Å². The van der Waals surface area contributed by atoms with Crippen molar-refractivity contribution in [3.63, 3.8) is 0 Å². The molecule has 1 amide bonds. The Morgan fingerprint density at radius 2 is 1.88 bits per heavy atom. The Kier molecular flexibility index (Phi) is 4.25. The zero-order chi connectivity index (χ0) is 16.4. The third-order valence-corrected chi connectivity index (χ3v) is 5.19. The minimum Gasteiger partial charge on any atom is -0.381 e. The number of tetrazole rings is 1. The molecule has 126 valence electrons. The number of benzene rings is 1. The molecule has 1 unspecified atom stereocenters. The summed E-state index contributed by atoms with van der Waals surface area (Å²) in [5.41, 5.74) is 1.56. The highest BCUT2D eigenvalue weighted by molar-refractivity contribution is 5.94. The molecule has 0 bridgehead atoms. The van der Waals surface area contributed by atoms with Crippen molar-refractivity contribution in [3.05, 3.63) is 36.2 Å². The van der Waals surface area contributed by atoms with Gasteiger partial charge in [-0.05, 0) is 65.8 Å². The lowest BCUT2D eigenvalue weighted by Gasteiger charge is -2.34. The fraction of sp³-hybridized carbons (Fsp3) is 0.529. The minimum atomic E-state index is 0.111. The van der Waals surface area contributed by atoms with Gasteiger partial charge in [0, 0.05) is 31.9 Å². The van der Waals surface area contributed by atoms with Crippen LogP contribution in [-0.4, -0.2) is 57.3 Å². The van der Waals surface area contributed by atoms with Crippen LogP contribution in [0.1, 0.15) is 29.6 Å². The lowest BCUT2D eigenvalue weighted by Crippen LogP contribution is -2.40. The Labute approximate surface area is 140 Å². The Balaban J connectivity index is 1.37. The molecule has 7 heteroatoms. The topological polar surface area (TPSA) is 73.1 Å². The van der Waals surface area contributed by atoms with Gasteiger partial charge in [0.2, 0.25) is 0 Å². The first-order chi connectivity index (χ1) is 11.8. The second-order valence-electron chi connectivity index (χ2n) is 6.55. The van der Waals surface area contributed by atoms with E-state index in [1.807, 2.05) is 29.2 Å². The van der Waals surface area contributed by atoms with Crippen molar-refractivity contribution in [1.29, 1.82) is 0 Å². The highest BCUT2D eigenvalue weighted by atomic mass is 16.5. The third kappa shape index (κ3) is 3.03. The number of piperidine rings is 1. The van der Waals surface area contributed by atoms with Gasteiger partial charge in [-0.25, -0.2) is 4.68 Å². The van der Waals surface area contributed by atoms with Crippen molar-refractivity contribution in [2.75, 3.05) is 26.3 Å². The molecular weight excluding hydrogens is 306 g/mol. The molecule has 2 aromatic rings. The summed E-state index contributed by atoms with van der Waals surface area (Å²) in [6.07, 6.45) is 4.89. The van der Waals surface area contributed by atoms with Crippen LogP contribution in [0.4, 0.5) is 0 Å². The predicted molar refractivity (Wildman–Crippen MR) is 86.7 cm³/mol. The second-order valence-corrected chi connectivity index (χ2v) is 6.55. The van der Waals surface area contributed by atoms with Crippen LogP contribution in [0.5, 0.6) is 0 Å². The molecule has 4 rings (SSSR count). The summed E-state index contributed by atoms with van der Waals surface area (Å²) in [6, 6.07) is 7.42. The van der Waals surface area contributed by atoms with Gasteiger partial charge in [0.25, 0.3) is 5.91 Å². The molecule has 2 aliphatic rings. The van der Waals surface area contributed by atoms with Crippen molar-refractivity contribution in [1.82, 2.24) is 25.1 Å². The van der Waals surface area contributed by atoms with E-state index in [1.165, 1.54) is 12.7 Å². The van der Waals surface area contributed by atoms with Gasteiger partial charge in [-0.3, -0.25) is 4.79 Å². The number of carbonyl (C=O) groups excluding carboxylic acids is 1. The van der Waals surface area contributed by atoms with E-state index < -0.39 is 0 Å². The van der Waals surface area contributed by atoms with Crippen LogP contribution < -0.4 is 0 Å². The van der Waals surface area contributed by atoms with Gasteiger partial charge in [-0.1, -0.05) is 0 Å². The average molecular weight is 327 g/mol. The summed E-state index contributed by atoms with van der Waals surface area (Å²) in [4.78, 5) is 14.7. The third-order valence-electron chi connectivity index (χ3n) is 5.19. The molecule has 0 N–H and O–H groups in total. The average Bonchev–Trinajstić information content (AvgIpc) is 3.35. The summed E-state index contributed by atoms with van der Waals surface area (Å²) in [6.45, 7) is 3.48. The minimum absolute atomic E-state index is 0.111. The van der Waals surface area contributed by atoms with Crippen LogP contribution in [0.3, 0.4) is 0 Å². The van der Waals surface area contributed by atoms with Crippen LogP contribution >= 0.6 is 0 Å². The first-order valence-electron chi connectivity index (χ1n) is 8.52. The molecule has 1 aromatic heterocycles. The zero-order valence-electron chi connectivity index (χ0n) is 13.5. The number of amides is 1. The van der Waals surface area contributed by atoms with E-state index in [0.717, 1.165) is 50.4 Å². The fourth-order valence-electron chi connectivity index (χ4n) is 3.72. The van der Waals surface area contributed by atoms with E-state index in [0.29, 0.717) is 11.8 Å². The highest BCUT2D eigenvalue weighted by Crippen LogP contribution is 2.31. The Morgan fingerprint density at radius 1 is 1.08 bits per heavy atom. The summed E-state index contributed by atoms with van der Waals surface area (Å²) in [5, 5.41) is 11.1. The van der Waals surface area contributed by atoms with Crippen LogP contribution in [0, 0.1) is 11.8 Å². The summed E-state index contributed by atoms with van der Waals surface area (Å²) >= 11 is 0. The maximum absolute atomic E-state index is 12.7. The fourth-order valence-corrected chi connectivity index (χ4v) is 3.72. The van der Waals surface area contributed by atoms with Crippen molar-refractivity contribution < 1.29 is 9.53 Å². The number of hydrogen-bond donors (Lipinski definition) is 0. The lowest BCUT2D eigenvalue weighted by atomic mass is 9.84. The van der Waals surface area contributed by atoms with E-state index >= 15 is 0 Å². The molecule has 3 heterocycles. The SMILES string of the molecule is O=C(c1ccc(-n2cnnn2)cc1)N1CCC(C2CCOC2)CC1. The Hall–Kier alpha value is -2.28. The molecule has 1 aromatic carbocycles. The molecule has 2 saturated heterocycles. The first kappa shape index (κ1) is 15.3. The number of rotatable bonds is 3. The Bertz CT molecular complexity index is 672.